The molecule has 1 heterocycles. The Balaban J connectivity index is 1.45. The minimum Gasteiger partial charge on any atom is -0.497 e. The molecule has 2 aromatic carbocycles. The van der Waals surface area contributed by atoms with Crippen molar-refractivity contribution in [2.75, 3.05) is 25.5 Å². The van der Waals surface area contributed by atoms with E-state index in [9.17, 15) is 4.79 Å². The molecule has 0 amide bonds. The molecule has 0 aliphatic carbocycles. The number of para-hydroxylation sites is 1. The number of hydrogen-bond acceptors (Lipinski definition) is 5. The highest BCUT2D eigenvalue weighted by Gasteiger charge is 2.03. The number of aromatic nitrogens is 2. The minimum absolute atomic E-state index is 0.125. The maximum atomic E-state index is 12.0. The summed E-state index contributed by atoms with van der Waals surface area (Å²) in [5.41, 5.74) is 1.73. The molecular formula is C19H21BrN4O2. The lowest BCUT2D eigenvalue weighted by atomic mass is 10.2. The SMILES string of the molecule is COc1cc(Br)cc(CNCCCNc2nc3ccccc3c(=O)[nH]2)c1. The van der Waals surface area contributed by atoms with Crippen LogP contribution in [0, 0.1) is 0 Å². The van der Waals surface area contributed by atoms with Crippen LogP contribution in [0.3, 0.4) is 0 Å². The third kappa shape index (κ3) is 4.83. The Morgan fingerprint density at radius 2 is 2.04 bits per heavy atom. The van der Waals surface area contributed by atoms with Gasteiger partial charge in [-0.25, -0.2) is 4.98 Å². The van der Waals surface area contributed by atoms with Gasteiger partial charge in [0.2, 0.25) is 5.95 Å². The molecular weight excluding hydrogens is 396 g/mol. The summed E-state index contributed by atoms with van der Waals surface area (Å²) in [4.78, 5) is 19.2. The third-order valence-electron chi connectivity index (χ3n) is 3.93. The normalized spacial score (nSPS) is 10.8. The number of benzene rings is 2. The zero-order valence-corrected chi connectivity index (χ0v) is 16.1. The zero-order chi connectivity index (χ0) is 18.4. The predicted octanol–water partition coefficient (Wildman–Crippen LogP) is 3.29. The number of aromatic amines is 1. The number of H-pyrrole nitrogens is 1. The molecule has 3 aromatic rings. The molecule has 0 unspecified atom stereocenters. The molecule has 0 fully saturated rings. The summed E-state index contributed by atoms with van der Waals surface area (Å²) in [6.07, 6.45) is 0.904. The first kappa shape index (κ1) is 18.4. The second-order valence-corrected chi connectivity index (χ2v) is 6.80. The van der Waals surface area contributed by atoms with Crippen LogP contribution in [0.15, 0.2) is 51.7 Å². The summed E-state index contributed by atoms with van der Waals surface area (Å²) in [5.74, 6) is 1.34. The molecule has 0 radical (unpaired) electrons. The van der Waals surface area contributed by atoms with Crippen molar-refractivity contribution >= 4 is 32.8 Å². The van der Waals surface area contributed by atoms with Gasteiger partial charge in [-0.15, -0.1) is 0 Å². The first-order valence-corrected chi connectivity index (χ1v) is 9.22. The van der Waals surface area contributed by atoms with Gasteiger partial charge in [-0.2, -0.15) is 0 Å². The van der Waals surface area contributed by atoms with Crippen LogP contribution >= 0.6 is 15.9 Å². The first-order chi connectivity index (χ1) is 12.7. The molecule has 6 nitrogen and oxygen atoms in total. The lowest BCUT2D eigenvalue weighted by Gasteiger charge is -2.09. The number of halogens is 1. The van der Waals surface area contributed by atoms with E-state index in [1.165, 1.54) is 0 Å². The highest BCUT2D eigenvalue weighted by atomic mass is 79.9. The lowest BCUT2D eigenvalue weighted by Crippen LogP contribution is -2.19. The van der Waals surface area contributed by atoms with Gasteiger partial charge in [-0.05, 0) is 48.9 Å². The van der Waals surface area contributed by atoms with Gasteiger partial charge in [0.15, 0.2) is 0 Å². The molecule has 0 spiro atoms. The van der Waals surface area contributed by atoms with Gasteiger partial charge < -0.3 is 15.4 Å². The Labute approximate surface area is 160 Å². The zero-order valence-electron chi connectivity index (χ0n) is 14.5. The molecule has 3 rings (SSSR count). The van der Waals surface area contributed by atoms with Crippen molar-refractivity contribution < 1.29 is 4.74 Å². The van der Waals surface area contributed by atoms with Crippen molar-refractivity contribution in [3.63, 3.8) is 0 Å². The molecule has 0 bridgehead atoms. The molecule has 1 aromatic heterocycles. The molecule has 7 heteroatoms. The van der Waals surface area contributed by atoms with Crippen molar-refractivity contribution in [2.24, 2.45) is 0 Å². The van der Waals surface area contributed by atoms with Crippen LogP contribution in [-0.2, 0) is 6.54 Å². The van der Waals surface area contributed by atoms with Crippen LogP contribution in [-0.4, -0.2) is 30.2 Å². The molecule has 0 aliphatic rings. The van der Waals surface area contributed by atoms with Gasteiger partial charge in [-0.1, -0.05) is 28.1 Å². The van der Waals surface area contributed by atoms with Crippen molar-refractivity contribution in [1.29, 1.82) is 0 Å². The maximum absolute atomic E-state index is 12.0. The summed E-state index contributed by atoms with van der Waals surface area (Å²) in [6, 6.07) is 13.3. The lowest BCUT2D eigenvalue weighted by molar-refractivity contribution is 0.413. The van der Waals surface area contributed by atoms with Crippen LogP contribution in [0.25, 0.3) is 10.9 Å². The van der Waals surface area contributed by atoms with Crippen molar-refractivity contribution in [3.8, 4) is 5.75 Å². The summed E-state index contributed by atoms with van der Waals surface area (Å²) < 4.78 is 6.27. The van der Waals surface area contributed by atoms with E-state index in [0.717, 1.165) is 41.8 Å². The van der Waals surface area contributed by atoms with Crippen LogP contribution in [0.2, 0.25) is 0 Å². The minimum atomic E-state index is -0.125. The Morgan fingerprint density at radius 1 is 1.19 bits per heavy atom. The molecule has 136 valence electrons. The number of hydrogen-bond donors (Lipinski definition) is 3. The summed E-state index contributed by atoms with van der Waals surface area (Å²) in [5, 5.41) is 7.17. The fourth-order valence-corrected chi connectivity index (χ4v) is 3.18. The Hall–Kier alpha value is -2.38. The Morgan fingerprint density at radius 3 is 2.88 bits per heavy atom. The highest BCUT2D eigenvalue weighted by molar-refractivity contribution is 9.10. The maximum Gasteiger partial charge on any atom is 0.260 e. The van der Waals surface area contributed by atoms with E-state index in [2.05, 4.69) is 42.6 Å². The predicted molar refractivity (Wildman–Crippen MR) is 108 cm³/mol. The van der Waals surface area contributed by atoms with Crippen LogP contribution in [0.5, 0.6) is 5.75 Å². The molecule has 26 heavy (non-hydrogen) atoms. The van der Waals surface area contributed by atoms with Gasteiger partial charge in [0, 0.05) is 17.6 Å². The van der Waals surface area contributed by atoms with Gasteiger partial charge in [0.05, 0.1) is 18.0 Å². The topological polar surface area (TPSA) is 79.0 Å². The fraction of sp³-hybridized carbons (Fsp3) is 0.263. The second kappa shape index (κ2) is 8.82. The molecule has 0 aliphatic heterocycles. The van der Waals surface area contributed by atoms with Crippen molar-refractivity contribution in [1.82, 2.24) is 15.3 Å². The molecule has 0 saturated carbocycles. The number of nitrogens with zero attached hydrogens (tertiary/aromatic N) is 1. The van der Waals surface area contributed by atoms with Crippen molar-refractivity contribution in [3.05, 3.63) is 62.9 Å². The molecule has 0 atom stereocenters. The number of rotatable bonds is 8. The number of methoxy groups -OCH3 is 1. The average Bonchev–Trinajstić information content (AvgIpc) is 2.64. The summed E-state index contributed by atoms with van der Waals surface area (Å²) in [7, 11) is 1.66. The number of anilines is 1. The Bertz CT molecular complexity index is 942. The number of ether oxygens (including phenoxy) is 1. The van der Waals surface area contributed by atoms with E-state index in [-0.39, 0.29) is 5.56 Å². The molecule has 3 N–H and O–H groups in total. The smallest absolute Gasteiger partial charge is 0.260 e. The van der Waals surface area contributed by atoms with E-state index in [4.69, 9.17) is 4.74 Å². The van der Waals surface area contributed by atoms with Crippen molar-refractivity contribution in [2.45, 2.75) is 13.0 Å². The fourth-order valence-electron chi connectivity index (χ4n) is 2.66. The number of nitrogens with one attached hydrogen (secondary N) is 3. The van der Waals surface area contributed by atoms with E-state index >= 15 is 0 Å². The number of fused-ring (bicyclic) bond motifs is 1. The average molecular weight is 417 g/mol. The quantitative estimate of drug-likeness (QED) is 0.491. The monoisotopic (exact) mass is 416 g/mol. The van der Waals surface area contributed by atoms with Gasteiger partial charge in [-0.3, -0.25) is 9.78 Å². The largest absolute Gasteiger partial charge is 0.497 e. The highest BCUT2D eigenvalue weighted by Crippen LogP contribution is 2.21. The second-order valence-electron chi connectivity index (χ2n) is 5.89. The standard InChI is InChI=1S/C19H21BrN4O2/c1-26-15-10-13(9-14(20)11-15)12-21-7-4-8-22-19-23-17-6-3-2-5-16(17)18(25)24-19/h2-3,5-6,9-11,21H,4,7-8,12H2,1H3,(H2,22,23,24,25). The van der Waals surface area contributed by atoms with Gasteiger partial charge >= 0.3 is 0 Å². The molecule has 0 saturated heterocycles. The van der Waals surface area contributed by atoms with Crippen LogP contribution in [0.1, 0.15) is 12.0 Å². The summed E-state index contributed by atoms with van der Waals surface area (Å²) in [6.45, 7) is 2.33. The van der Waals surface area contributed by atoms with Crippen LogP contribution < -0.4 is 20.9 Å². The van der Waals surface area contributed by atoms with Crippen LogP contribution in [0.4, 0.5) is 5.95 Å². The van der Waals surface area contributed by atoms with Gasteiger partial charge in [0.25, 0.3) is 5.56 Å². The Kier molecular flexibility index (Phi) is 6.25. The van der Waals surface area contributed by atoms with E-state index in [1.807, 2.05) is 30.3 Å². The summed E-state index contributed by atoms with van der Waals surface area (Å²) >= 11 is 3.48. The van der Waals surface area contributed by atoms with E-state index in [1.54, 1.807) is 13.2 Å². The third-order valence-corrected chi connectivity index (χ3v) is 4.39. The van der Waals surface area contributed by atoms with E-state index in [0.29, 0.717) is 16.9 Å². The van der Waals surface area contributed by atoms with Gasteiger partial charge in [0.1, 0.15) is 5.75 Å². The van der Waals surface area contributed by atoms with E-state index < -0.39 is 0 Å². The first-order valence-electron chi connectivity index (χ1n) is 8.43.